The molecule has 0 aliphatic carbocycles. The summed E-state index contributed by atoms with van der Waals surface area (Å²) in [5.41, 5.74) is 5.44. The number of carbonyl (C=O) groups excluding carboxylic acids is 1. The van der Waals surface area contributed by atoms with Crippen LogP contribution in [-0.4, -0.2) is 23.0 Å². The van der Waals surface area contributed by atoms with E-state index in [0.29, 0.717) is 5.76 Å². The van der Waals surface area contributed by atoms with Crippen LogP contribution in [-0.2, 0) is 11.3 Å². The molecule has 1 atom stereocenters. The van der Waals surface area contributed by atoms with E-state index in [1.54, 1.807) is 0 Å². The molecule has 0 bridgehead atoms. The zero-order valence-corrected chi connectivity index (χ0v) is 10.7. The number of carboxylic acid groups (broad SMARTS) is 1. The Morgan fingerprint density at radius 2 is 2.06 bits per heavy atom. The van der Waals surface area contributed by atoms with Crippen molar-refractivity contribution in [2.75, 3.05) is 0 Å². The van der Waals surface area contributed by atoms with Gasteiger partial charge in [0.25, 0.3) is 0 Å². The summed E-state index contributed by atoms with van der Waals surface area (Å²) in [5, 5.41) is 11.3. The number of nitrogens with one attached hydrogen (secondary N) is 1. The van der Waals surface area contributed by atoms with E-state index in [1.165, 1.54) is 12.1 Å². The highest BCUT2D eigenvalue weighted by Gasteiger charge is 2.27. The fourth-order valence-corrected chi connectivity index (χ4v) is 1.27. The molecule has 1 amide bonds. The Morgan fingerprint density at radius 1 is 1.44 bits per heavy atom. The van der Waals surface area contributed by atoms with Crippen LogP contribution in [0.1, 0.15) is 37.1 Å². The normalized spacial score (nSPS) is 13.1. The summed E-state index contributed by atoms with van der Waals surface area (Å²) in [5.74, 6) is -1.21. The molecule has 1 aromatic heterocycles. The third-order valence-electron chi connectivity index (χ3n) is 2.52. The molecule has 0 fully saturated rings. The average molecular weight is 254 g/mol. The summed E-state index contributed by atoms with van der Waals surface area (Å²) >= 11 is 0. The molecule has 0 aliphatic rings. The van der Waals surface area contributed by atoms with Crippen molar-refractivity contribution in [3.8, 4) is 0 Å². The lowest BCUT2D eigenvalue weighted by molar-refractivity contribution is -0.124. The van der Waals surface area contributed by atoms with E-state index in [9.17, 15) is 9.59 Å². The largest absolute Gasteiger partial charge is 0.475 e. The van der Waals surface area contributed by atoms with Crippen molar-refractivity contribution in [1.29, 1.82) is 0 Å². The molecule has 0 radical (unpaired) electrons. The van der Waals surface area contributed by atoms with E-state index in [4.69, 9.17) is 15.3 Å². The first kappa shape index (κ1) is 14.2. The van der Waals surface area contributed by atoms with Crippen molar-refractivity contribution in [2.45, 2.75) is 33.4 Å². The maximum absolute atomic E-state index is 11.7. The molecule has 0 aromatic carbocycles. The van der Waals surface area contributed by atoms with E-state index in [2.05, 4.69) is 5.32 Å². The molecule has 4 N–H and O–H groups in total. The highest BCUT2D eigenvalue weighted by Crippen LogP contribution is 2.17. The molecule has 0 saturated carbocycles. The number of nitrogens with two attached hydrogens (primary N) is 1. The molecular weight excluding hydrogens is 236 g/mol. The number of furan rings is 1. The number of hydrogen-bond donors (Lipinski definition) is 3. The lowest BCUT2D eigenvalue weighted by Crippen LogP contribution is -2.48. The molecule has 6 heteroatoms. The third-order valence-corrected chi connectivity index (χ3v) is 2.52. The highest BCUT2D eigenvalue weighted by atomic mass is 16.4. The maximum atomic E-state index is 11.7. The number of aromatic carboxylic acids is 1. The lowest BCUT2D eigenvalue weighted by atomic mass is 9.87. The van der Waals surface area contributed by atoms with Gasteiger partial charge in [-0.1, -0.05) is 20.8 Å². The van der Waals surface area contributed by atoms with Crippen molar-refractivity contribution < 1.29 is 19.1 Å². The van der Waals surface area contributed by atoms with Gasteiger partial charge in [-0.2, -0.15) is 0 Å². The highest BCUT2D eigenvalue weighted by molar-refractivity contribution is 5.84. The van der Waals surface area contributed by atoms with Crippen LogP contribution in [0.3, 0.4) is 0 Å². The SMILES string of the molecule is CC(C)(C)C(N)C(=O)NCc1ccc(C(=O)O)o1. The lowest BCUT2D eigenvalue weighted by Gasteiger charge is -2.25. The molecule has 1 unspecified atom stereocenters. The van der Waals surface area contributed by atoms with Gasteiger partial charge in [0.15, 0.2) is 0 Å². The van der Waals surface area contributed by atoms with Crippen molar-refractivity contribution in [3.05, 3.63) is 23.7 Å². The van der Waals surface area contributed by atoms with Gasteiger partial charge in [0, 0.05) is 0 Å². The van der Waals surface area contributed by atoms with Crippen molar-refractivity contribution >= 4 is 11.9 Å². The van der Waals surface area contributed by atoms with Gasteiger partial charge in [-0.15, -0.1) is 0 Å². The van der Waals surface area contributed by atoms with Crippen LogP contribution in [0.25, 0.3) is 0 Å². The van der Waals surface area contributed by atoms with Gasteiger partial charge in [-0.25, -0.2) is 4.79 Å². The van der Waals surface area contributed by atoms with E-state index in [1.807, 2.05) is 20.8 Å². The Balaban J connectivity index is 2.55. The molecule has 0 saturated heterocycles. The zero-order valence-electron chi connectivity index (χ0n) is 10.7. The summed E-state index contributed by atoms with van der Waals surface area (Å²) in [6.07, 6.45) is 0. The zero-order chi connectivity index (χ0) is 13.9. The van der Waals surface area contributed by atoms with E-state index in [0.717, 1.165) is 0 Å². The monoisotopic (exact) mass is 254 g/mol. The van der Waals surface area contributed by atoms with Gasteiger partial charge in [-0.3, -0.25) is 4.79 Å². The smallest absolute Gasteiger partial charge is 0.371 e. The van der Waals surface area contributed by atoms with Crippen molar-refractivity contribution in [1.82, 2.24) is 5.32 Å². The first-order valence-electron chi connectivity index (χ1n) is 5.57. The fraction of sp³-hybridized carbons (Fsp3) is 0.500. The molecule has 1 aromatic rings. The molecule has 18 heavy (non-hydrogen) atoms. The maximum Gasteiger partial charge on any atom is 0.371 e. The van der Waals surface area contributed by atoms with E-state index in [-0.39, 0.29) is 23.6 Å². The van der Waals surface area contributed by atoms with Crippen LogP contribution in [0.15, 0.2) is 16.5 Å². The predicted octanol–water partition coefficient (Wildman–Crippen LogP) is 0.967. The van der Waals surface area contributed by atoms with E-state index < -0.39 is 12.0 Å². The van der Waals surface area contributed by atoms with Crippen LogP contribution in [0, 0.1) is 5.41 Å². The molecule has 1 rings (SSSR count). The number of hydrogen-bond acceptors (Lipinski definition) is 4. The molecular formula is C12H18N2O4. The van der Waals surface area contributed by atoms with E-state index >= 15 is 0 Å². The Labute approximate surface area is 105 Å². The molecule has 6 nitrogen and oxygen atoms in total. The first-order chi connectivity index (χ1) is 8.21. The first-order valence-corrected chi connectivity index (χ1v) is 5.57. The Kier molecular flexibility index (Phi) is 4.13. The van der Waals surface area contributed by atoms with Crippen LogP contribution >= 0.6 is 0 Å². The van der Waals surface area contributed by atoms with Crippen molar-refractivity contribution in [3.63, 3.8) is 0 Å². The minimum absolute atomic E-state index is 0.121. The Bertz CT molecular complexity index is 445. The van der Waals surface area contributed by atoms with Crippen LogP contribution in [0.2, 0.25) is 0 Å². The van der Waals surface area contributed by atoms with Gasteiger partial charge in [0.05, 0.1) is 12.6 Å². The Morgan fingerprint density at radius 3 is 2.50 bits per heavy atom. The predicted molar refractivity (Wildman–Crippen MR) is 64.9 cm³/mol. The fourth-order valence-electron chi connectivity index (χ4n) is 1.27. The van der Waals surface area contributed by atoms with Gasteiger partial charge >= 0.3 is 5.97 Å². The summed E-state index contributed by atoms with van der Waals surface area (Å²) in [7, 11) is 0. The average Bonchev–Trinajstić information content (AvgIpc) is 2.72. The second-order valence-electron chi connectivity index (χ2n) is 5.13. The van der Waals surface area contributed by atoms with Crippen molar-refractivity contribution in [2.24, 2.45) is 11.1 Å². The summed E-state index contributed by atoms with van der Waals surface area (Å²) in [6, 6.07) is 2.21. The van der Waals surface area contributed by atoms with Crippen LogP contribution in [0.4, 0.5) is 0 Å². The topological polar surface area (TPSA) is 106 Å². The number of carbonyl (C=O) groups is 2. The number of carboxylic acids is 1. The van der Waals surface area contributed by atoms with Crippen LogP contribution in [0.5, 0.6) is 0 Å². The molecule has 100 valence electrons. The summed E-state index contributed by atoms with van der Waals surface area (Å²) in [4.78, 5) is 22.3. The quantitative estimate of drug-likeness (QED) is 0.742. The van der Waals surface area contributed by atoms with Gasteiger partial charge in [0.1, 0.15) is 5.76 Å². The Hall–Kier alpha value is -1.82. The number of rotatable bonds is 4. The van der Waals surface area contributed by atoms with Crippen LogP contribution < -0.4 is 11.1 Å². The molecule has 0 aliphatic heterocycles. The molecule has 1 heterocycles. The second-order valence-corrected chi connectivity index (χ2v) is 5.13. The van der Waals surface area contributed by atoms with Gasteiger partial charge in [0.2, 0.25) is 11.7 Å². The van der Waals surface area contributed by atoms with Gasteiger partial charge in [-0.05, 0) is 17.5 Å². The second kappa shape index (κ2) is 5.22. The van der Waals surface area contributed by atoms with Gasteiger partial charge < -0.3 is 20.6 Å². The minimum atomic E-state index is -1.14. The third kappa shape index (κ3) is 3.59. The minimum Gasteiger partial charge on any atom is -0.475 e. The number of amides is 1. The summed E-state index contributed by atoms with van der Waals surface area (Å²) < 4.78 is 5.01. The standard InChI is InChI=1S/C12H18N2O4/c1-12(2,3)9(13)10(15)14-6-7-4-5-8(18-7)11(16)17/h4-5,9H,6,13H2,1-3H3,(H,14,15)(H,16,17). The molecule has 0 spiro atoms. The summed E-state index contributed by atoms with van der Waals surface area (Å²) in [6.45, 7) is 5.72.